The molecule has 106 valence electrons. The zero-order valence-electron chi connectivity index (χ0n) is 11.6. The molecule has 0 radical (unpaired) electrons. The predicted octanol–water partition coefficient (Wildman–Crippen LogP) is 4.86. The summed E-state index contributed by atoms with van der Waals surface area (Å²) in [5, 5.41) is 0. The molecule has 0 N–H and O–H groups in total. The maximum absolute atomic E-state index is 5.87. The van der Waals surface area contributed by atoms with E-state index in [0.29, 0.717) is 5.89 Å². The van der Waals surface area contributed by atoms with Crippen LogP contribution in [0.2, 0.25) is 0 Å². The molecule has 1 fully saturated rings. The van der Waals surface area contributed by atoms with Crippen molar-refractivity contribution < 1.29 is 4.42 Å². The molecule has 3 nitrogen and oxygen atoms in total. The van der Waals surface area contributed by atoms with Crippen LogP contribution in [0.4, 0.5) is 5.69 Å². The molecule has 4 heteroatoms. The first kappa shape index (κ1) is 12.9. The van der Waals surface area contributed by atoms with Crippen LogP contribution in [0.15, 0.2) is 51.4 Å². The molecule has 0 aliphatic carbocycles. The number of nitrogens with zero attached hydrogens (tertiary/aromatic N) is 2. The van der Waals surface area contributed by atoms with Crippen LogP contribution < -0.4 is 4.90 Å². The highest BCUT2D eigenvalue weighted by Crippen LogP contribution is 2.29. The second kappa shape index (κ2) is 5.19. The monoisotopic (exact) mass is 342 g/mol. The van der Waals surface area contributed by atoms with Crippen molar-refractivity contribution in [1.29, 1.82) is 0 Å². The molecule has 4 rings (SSSR count). The molecule has 21 heavy (non-hydrogen) atoms. The Balaban J connectivity index is 1.73. The number of benzene rings is 2. The van der Waals surface area contributed by atoms with Crippen molar-refractivity contribution in [2.45, 2.75) is 12.8 Å². The second-order valence-electron chi connectivity index (χ2n) is 5.37. The van der Waals surface area contributed by atoms with Crippen molar-refractivity contribution >= 4 is 32.7 Å². The van der Waals surface area contributed by atoms with Crippen LogP contribution in [0.25, 0.3) is 22.6 Å². The highest BCUT2D eigenvalue weighted by Gasteiger charge is 2.14. The molecular weight excluding hydrogens is 328 g/mol. The standard InChI is InChI=1S/C17H15BrN2O/c18-13-5-3-12(4-6-13)17-19-15-11-14(7-8-16(15)21-17)20-9-1-2-10-20/h3-8,11H,1-2,9-10H2. The highest BCUT2D eigenvalue weighted by atomic mass is 79.9. The minimum Gasteiger partial charge on any atom is -0.436 e. The number of halogens is 1. The summed E-state index contributed by atoms with van der Waals surface area (Å²) in [6, 6.07) is 14.3. The summed E-state index contributed by atoms with van der Waals surface area (Å²) in [4.78, 5) is 7.05. The van der Waals surface area contributed by atoms with Gasteiger partial charge in [-0.25, -0.2) is 4.98 Å². The summed E-state index contributed by atoms with van der Waals surface area (Å²) in [5.74, 6) is 0.677. The first-order valence-corrected chi connectivity index (χ1v) is 8.00. The summed E-state index contributed by atoms with van der Waals surface area (Å²) in [5.41, 5.74) is 4.01. The minimum atomic E-state index is 0.677. The molecule has 0 saturated carbocycles. The van der Waals surface area contributed by atoms with Gasteiger partial charge in [-0.1, -0.05) is 15.9 Å². The van der Waals surface area contributed by atoms with E-state index in [4.69, 9.17) is 4.42 Å². The quantitative estimate of drug-likeness (QED) is 0.666. The third kappa shape index (κ3) is 2.44. The summed E-state index contributed by atoms with van der Waals surface area (Å²) in [6.07, 6.45) is 2.56. The van der Waals surface area contributed by atoms with Crippen molar-refractivity contribution in [2.75, 3.05) is 18.0 Å². The van der Waals surface area contributed by atoms with E-state index < -0.39 is 0 Å². The molecule has 0 unspecified atom stereocenters. The third-order valence-electron chi connectivity index (χ3n) is 3.93. The Hall–Kier alpha value is -1.81. The molecule has 0 amide bonds. The van der Waals surface area contributed by atoms with E-state index in [9.17, 15) is 0 Å². The fourth-order valence-electron chi connectivity index (χ4n) is 2.80. The van der Waals surface area contributed by atoms with E-state index in [-0.39, 0.29) is 0 Å². The fourth-order valence-corrected chi connectivity index (χ4v) is 3.07. The lowest BCUT2D eigenvalue weighted by Gasteiger charge is -2.16. The van der Waals surface area contributed by atoms with Crippen LogP contribution >= 0.6 is 15.9 Å². The molecule has 2 aromatic carbocycles. The van der Waals surface area contributed by atoms with Crippen LogP contribution in [0.3, 0.4) is 0 Å². The Kier molecular flexibility index (Phi) is 3.19. The number of anilines is 1. The van der Waals surface area contributed by atoms with E-state index in [2.05, 4.69) is 37.9 Å². The SMILES string of the molecule is Brc1ccc(-c2nc3cc(N4CCCC4)ccc3o2)cc1. The molecular formula is C17H15BrN2O. The van der Waals surface area contributed by atoms with E-state index >= 15 is 0 Å². The Bertz CT molecular complexity index is 773. The molecule has 2 heterocycles. The van der Waals surface area contributed by atoms with Crippen LogP contribution in [0.5, 0.6) is 0 Å². The van der Waals surface area contributed by atoms with Gasteiger partial charge in [0, 0.05) is 28.8 Å². The summed E-state index contributed by atoms with van der Waals surface area (Å²) < 4.78 is 6.92. The summed E-state index contributed by atoms with van der Waals surface area (Å²) in [7, 11) is 0. The number of hydrogen-bond acceptors (Lipinski definition) is 3. The summed E-state index contributed by atoms with van der Waals surface area (Å²) in [6.45, 7) is 2.28. The normalized spacial score (nSPS) is 15.0. The lowest BCUT2D eigenvalue weighted by Crippen LogP contribution is -2.17. The van der Waals surface area contributed by atoms with Crippen LogP contribution in [-0.4, -0.2) is 18.1 Å². The minimum absolute atomic E-state index is 0.677. The number of rotatable bonds is 2. The van der Waals surface area contributed by atoms with E-state index in [0.717, 1.165) is 34.2 Å². The van der Waals surface area contributed by atoms with Gasteiger partial charge in [0.05, 0.1) is 0 Å². The number of oxazole rings is 1. The number of fused-ring (bicyclic) bond motifs is 1. The third-order valence-corrected chi connectivity index (χ3v) is 4.46. The number of hydrogen-bond donors (Lipinski definition) is 0. The number of aromatic nitrogens is 1. The highest BCUT2D eigenvalue weighted by molar-refractivity contribution is 9.10. The lowest BCUT2D eigenvalue weighted by atomic mass is 10.2. The average Bonchev–Trinajstić information content (AvgIpc) is 3.16. The molecule has 1 saturated heterocycles. The first-order valence-electron chi connectivity index (χ1n) is 7.21. The molecule has 3 aromatic rings. The van der Waals surface area contributed by atoms with Gasteiger partial charge in [-0.2, -0.15) is 0 Å². The van der Waals surface area contributed by atoms with Crippen molar-refractivity contribution in [1.82, 2.24) is 4.98 Å². The van der Waals surface area contributed by atoms with Gasteiger partial charge in [0.1, 0.15) is 5.52 Å². The van der Waals surface area contributed by atoms with Crippen LogP contribution in [0, 0.1) is 0 Å². The maximum atomic E-state index is 5.87. The van der Waals surface area contributed by atoms with Gasteiger partial charge in [0.2, 0.25) is 5.89 Å². The average molecular weight is 343 g/mol. The van der Waals surface area contributed by atoms with E-state index in [1.165, 1.54) is 18.5 Å². The Morgan fingerprint density at radius 1 is 1.00 bits per heavy atom. The predicted molar refractivity (Wildman–Crippen MR) is 88.6 cm³/mol. The van der Waals surface area contributed by atoms with Crippen molar-refractivity contribution in [3.05, 3.63) is 46.9 Å². The van der Waals surface area contributed by atoms with Crippen LogP contribution in [0.1, 0.15) is 12.8 Å². The molecule has 1 aromatic heterocycles. The Morgan fingerprint density at radius 2 is 1.76 bits per heavy atom. The van der Waals surface area contributed by atoms with Gasteiger partial charge in [-0.3, -0.25) is 0 Å². The van der Waals surface area contributed by atoms with Crippen molar-refractivity contribution in [3.8, 4) is 11.5 Å². The second-order valence-corrected chi connectivity index (χ2v) is 6.29. The first-order chi connectivity index (χ1) is 10.3. The topological polar surface area (TPSA) is 29.3 Å². The largest absolute Gasteiger partial charge is 0.436 e. The Labute approximate surface area is 131 Å². The van der Waals surface area contributed by atoms with Gasteiger partial charge in [0.25, 0.3) is 0 Å². The fraction of sp³-hybridized carbons (Fsp3) is 0.235. The summed E-state index contributed by atoms with van der Waals surface area (Å²) >= 11 is 3.44. The van der Waals surface area contributed by atoms with E-state index in [1.54, 1.807) is 0 Å². The lowest BCUT2D eigenvalue weighted by molar-refractivity contribution is 0.620. The molecule has 0 bridgehead atoms. The van der Waals surface area contributed by atoms with Gasteiger partial charge >= 0.3 is 0 Å². The van der Waals surface area contributed by atoms with E-state index in [1.807, 2.05) is 30.3 Å². The van der Waals surface area contributed by atoms with Gasteiger partial charge in [-0.15, -0.1) is 0 Å². The van der Waals surface area contributed by atoms with Crippen molar-refractivity contribution in [2.24, 2.45) is 0 Å². The van der Waals surface area contributed by atoms with Gasteiger partial charge in [-0.05, 0) is 55.3 Å². The molecule has 1 aliphatic heterocycles. The maximum Gasteiger partial charge on any atom is 0.227 e. The van der Waals surface area contributed by atoms with Gasteiger partial charge in [0.15, 0.2) is 5.58 Å². The zero-order valence-corrected chi connectivity index (χ0v) is 13.1. The molecule has 1 aliphatic rings. The molecule has 0 spiro atoms. The smallest absolute Gasteiger partial charge is 0.227 e. The Morgan fingerprint density at radius 3 is 2.52 bits per heavy atom. The van der Waals surface area contributed by atoms with Gasteiger partial charge < -0.3 is 9.32 Å². The van der Waals surface area contributed by atoms with Crippen molar-refractivity contribution in [3.63, 3.8) is 0 Å². The van der Waals surface area contributed by atoms with Crippen LogP contribution in [-0.2, 0) is 0 Å². The molecule has 0 atom stereocenters. The zero-order chi connectivity index (χ0) is 14.2.